The Morgan fingerprint density at radius 1 is 1.21 bits per heavy atom. The molecule has 7 heteroatoms. The zero-order valence-electron chi connectivity index (χ0n) is 22.2. The van der Waals surface area contributed by atoms with Crippen molar-refractivity contribution < 1.29 is 14.6 Å². The summed E-state index contributed by atoms with van der Waals surface area (Å²) >= 11 is 7.81. The highest BCUT2D eigenvalue weighted by atomic mass is 35.5. The van der Waals surface area contributed by atoms with Crippen molar-refractivity contribution in [1.29, 1.82) is 0 Å². The van der Waals surface area contributed by atoms with Gasteiger partial charge in [-0.15, -0.1) is 0 Å². The first kappa shape index (κ1) is 27.4. The fourth-order valence-corrected chi connectivity index (χ4v) is 7.04. The fourth-order valence-electron chi connectivity index (χ4n) is 6.41. The molecule has 1 saturated carbocycles. The number of rotatable bonds is 11. The van der Waals surface area contributed by atoms with Gasteiger partial charge in [0.05, 0.1) is 17.9 Å². The maximum absolute atomic E-state index is 11.8. The summed E-state index contributed by atoms with van der Waals surface area (Å²) < 4.78 is 6.35. The van der Waals surface area contributed by atoms with Gasteiger partial charge in [-0.1, -0.05) is 54.6 Å². The van der Waals surface area contributed by atoms with E-state index in [0.29, 0.717) is 29.9 Å². The number of benzene rings is 2. The minimum atomic E-state index is -0.905. The smallest absolute Gasteiger partial charge is 0.335 e. The molecule has 38 heavy (non-hydrogen) atoms. The van der Waals surface area contributed by atoms with Crippen molar-refractivity contribution in [1.82, 2.24) is 0 Å². The SMILES string of the molecule is CCCc1cc(Cl)ccc1C1COc2ccc(C(=O)O)cc2N(CC2CCC2CC2=CC(CCSN)C2)C1. The quantitative estimate of drug-likeness (QED) is 0.224. The zero-order valence-corrected chi connectivity index (χ0v) is 23.8. The maximum Gasteiger partial charge on any atom is 0.335 e. The summed E-state index contributed by atoms with van der Waals surface area (Å²) in [5.41, 5.74) is 5.40. The summed E-state index contributed by atoms with van der Waals surface area (Å²) in [5.74, 6) is 3.11. The summed E-state index contributed by atoms with van der Waals surface area (Å²) in [6.07, 6.45) is 10.6. The second-order valence-corrected chi connectivity index (χ2v) is 12.4. The number of hydrogen-bond donors (Lipinski definition) is 2. The average molecular weight is 555 g/mol. The second-order valence-electron chi connectivity index (χ2n) is 11.2. The van der Waals surface area contributed by atoms with E-state index < -0.39 is 5.97 Å². The number of allylic oxidation sites excluding steroid dienone is 2. The van der Waals surface area contributed by atoms with Crippen molar-refractivity contribution in [2.45, 2.75) is 57.8 Å². The van der Waals surface area contributed by atoms with Crippen LogP contribution in [0.3, 0.4) is 0 Å². The van der Waals surface area contributed by atoms with Gasteiger partial charge in [0.15, 0.2) is 0 Å². The first-order valence-corrected chi connectivity index (χ1v) is 15.4. The molecule has 204 valence electrons. The van der Waals surface area contributed by atoms with E-state index in [0.717, 1.165) is 48.1 Å². The number of ether oxygens (including phenoxy) is 1. The molecule has 2 aliphatic carbocycles. The molecule has 3 N–H and O–H groups in total. The first-order chi connectivity index (χ1) is 18.4. The Balaban J connectivity index is 1.36. The number of aromatic carboxylic acids is 1. The molecule has 1 aliphatic heterocycles. The third kappa shape index (κ3) is 6.19. The van der Waals surface area contributed by atoms with Crippen molar-refractivity contribution >= 4 is 35.2 Å². The van der Waals surface area contributed by atoms with Crippen LogP contribution < -0.4 is 14.8 Å². The first-order valence-electron chi connectivity index (χ1n) is 14.0. The Morgan fingerprint density at radius 3 is 2.74 bits per heavy atom. The molecule has 5 rings (SSSR count). The van der Waals surface area contributed by atoms with E-state index in [-0.39, 0.29) is 5.92 Å². The van der Waals surface area contributed by atoms with Crippen molar-refractivity contribution in [2.75, 3.05) is 30.3 Å². The molecule has 3 aliphatic rings. The molecule has 0 spiro atoms. The lowest BCUT2D eigenvalue weighted by Crippen LogP contribution is -2.40. The van der Waals surface area contributed by atoms with Crippen LogP contribution in [0.4, 0.5) is 5.69 Å². The number of carboxylic acid groups (broad SMARTS) is 1. The number of fused-ring (bicyclic) bond motifs is 1. The van der Waals surface area contributed by atoms with Crippen molar-refractivity contribution in [3.63, 3.8) is 0 Å². The predicted molar refractivity (Wildman–Crippen MR) is 158 cm³/mol. The monoisotopic (exact) mass is 554 g/mol. The summed E-state index contributed by atoms with van der Waals surface area (Å²) in [5, 5.41) is 16.1. The average Bonchev–Trinajstić information content (AvgIpc) is 3.04. The molecular formula is C31H39ClN2O3S. The molecule has 0 radical (unpaired) electrons. The van der Waals surface area contributed by atoms with Crippen molar-refractivity contribution in [3.8, 4) is 5.75 Å². The van der Waals surface area contributed by atoms with Crippen LogP contribution in [0.1, 0.15) is 72.9 Å². The number of anilines is 1. The van der Waals surface area contributed by atoms with Crippen LogP contribution in [0.25, 0.3) is 0 Å². The van der Waals surface area contributed by atoms with Crippen LogP contribution in [0.5, 0.6) is 5.75 Å². The van der Waals surface area contributed by atoms with Gasteiger partial charge in [-0.3, -0.25) is 5.14 Å². The summed E-state index contributed by atoms with van der Waals surface area (Å²) in [6.45, 7) is 4.49. The Bertz CT molecular complexity index is 1190. The minimum absolute atomic E-state index is 0.184. The number of nitrogens with zero attached hydrogens (tertiary/aromatic N) is 1. The molecule has 5 nitrogen and oxygen atoms in total. The van der Waals surface area contributed by atoms with Crippen LogP contribution in [0, 0.1) is 17.8 Å². The normalized spacial score (nSPS) is 24.4. The zero-order chi connectivity index (χ0) is 26.6. The van der Waals surface area contributed by atoms with E-state index in [2.05, 4.69) is 30.0 Å². The van der Waals surface area contributed by atoms with Gasteiger partial charge in [-0.2, -0.15) is 0 Å². The largest absolute Gasteiger partial charge is 0.491 e. The van der Waals surface area contributed by atoms with Gasteiger partial charge in [0.25, 0.3) is 0 Å². The lowest BCUT2D eigenvalue weighted by molar-refractivity contribution is 0.0697. The van der Waals surface area contributed by atoms with Gasteiger partial charge in [0.2, 0.25) is 0 Å². The van der Waals surface area contributed by atoms with E-state index >= 15 is 0 Å². The number of carbonyl (C=O) groups is 1. The van der Waals surface area contributed by atoms with Crippen LogP contribution in [-0.4, -0.2) is 36.5 Å². The number of halogens is 1. The van der Waals surface area contributed by atoms with E-state index in [1.807, 2.05) is 12.1 Å². The molecule has 0 saturated heterocycles. The molecule has 4 atom stereocenters. The Labute approximate surface area is 235 Å². The van der Waals surface area contributed by atoms with E-state index in [9.17, 15) is 9.90 Å². The fraction of sp³-hybridized carbons (Fsp3) is 0.516. The summed E-state index contributed by atoms with van der Waals surface area (Å²) in [6, 6.07) is 11.5. The highest BCUT2D eigenvalue weighted by Crippen LogP contribution is 2.45. The summed E-state index contributed by atoms with van der Waals surface area (Å²) in [7, 11) is 0. The molecule has 2 aromatic carbocycles. The Morgan fingerprint density at radius 2 is 2.03 bits per heavy atom. The number of hydrogen-bond acceptors (Lipinski definition) is 5. The standard InChI is InChI=1S/C31H39ClN2O3S/c1-2-3-23-15-27(32)7-8-28(23)26-18-34(29-16-24(31(35)36)6-9-30(29)37-19-26)17-25-5-4-22(25)14-21-12-20(13-21)10-11-38-33/h6-9,12,15-16,20,22,25-26H,2-5,10-11,13-14,17-19,33H2,1H3,(H,35,36). The van der Waals surface area contributed by atoms with Gasteiger partial charge in [-0.05, 0) is 97.7 Å². The minimum Gasteiger partial charge on any atom is -0.491 e. The number of carboxylic acids is 1. The number of nitrogens with two attached hydrogens (primary N) is 1. The lowest BCUT2D eigenvalue weighted by atomic mass is 9.67. The van der Waals surface area contributed by atoms with E-state index in [4.69, 9.17) is 21.5 Å². The van der Waals surface area contributed by atoms with Gasteiger partial charge < -0.3 is 14.7 Å². The Hall–Kier alpha value is -2.15. The van der Waals surface area contributed by atoms with E-state index in [1.165, 1.54) is 55.2 Å². The van der Waals surface area contributed by atoms with Gasteiger partial charge in [-0.25, -0.2) is 4.79 Å². The molecular weight excluding hydrogens is 516 g/mol. The van der Waals surface area contributed by atoms with Crippen LogP contribution in [0.15, 0.2) is 48.0 Å². The Kier molecular flexibility index (Phi) is 8.91. The third-order valence-electron chi connectivity index (χ3n) is 8.65. The maximum atomic E-state index is 11.8. The van der Waals surface area contributed by atoms with Gasteiger partial charge >= 0.3 is 5.97 Å². The van der Waals surface area contributed by atoms with Crippen molar-refractivity contribution in [3.05, 3.63) is 69.8 Å². The van der Waals surface area contributed by atoms with Gasteiger partial charge in [0, 0.05) is 29.8 Å². The van der Waals surface area contributed by atoms with Crippen molar-refractivity contribution in [2.24, 2.45) is 22.9 Å². The highest BCUT2D eigenvalue weighted by Gasteiger charge is 2.36. The molecule has 0 bridgehead atoms. The second kappa shape index (κ2) is 12.4. The molecule has 4 unspecified atom stereocenters. The molecule has 2 aromatic rings. The van der Waals surface area contributed by atoms with Crippen LogP contribution in [-0.2, 0) is 6.42 Å². The van der Waals surface area contributed by atoms with E-state index in [1.54, 1.807) is 17.7 Å². The van der Waals surface area contributed by atoms with Crippen LogP contribution in [0.2, 0.25) is 5.02 Å². The topological polar surface area (TPSA) is 75.8 Å². The van der Waals surface area contributed by atoms with Crippen LogP contribution >= 0.6 is 23.5 Å². The third-order valence-corrected chi connectivity index (χ3v) is 9.35. The predicted octanol–water partition coefficient (Wildman–Crippen LogP) is 7.33. The number of aryl methyl sites for hydroxylation is 1. The lowest BCUT2D eigenvalue weighted by Gasteiger charge is -2.43. The molecule has 1 fully saturated rings. The summed E-state index contributed by atoms with van der Waals surface area (Å²) in [4.78, 5) is 14.2. The highest BCUT2D eigenvalue weighted by molar-refractivity contribution is 7.97. The molecule has 1 heterocycles. The molecule has 0 aromatic heterocycles. The van der Waals surface area contributed by atoms with Gasteiger partial charge in [0.1, 0.15) is 5.75 Å². The molecule has 0 amide bonds.